The number of aromatic nitrogens is 3. The molecule has 0 unspecified atom stereocenters. The number of amides is 2. The van der Waals surface area contributed by atoms with Crippen molar-refractivity contribution >= 4 is 22.8 Å². The van der Waals surface area contributed by atoms with Crippen LogP contribution in [0.1, 0.15) is 30.2 Å². The summed E-state index contributed by atoms with van der Waals surface area (Å²) in [6.45, 7) is 3.93. The maximum absolute atomic E-state index is 12.7. The molecule has 0 bridgehead atoms. The highest BCUT2D eigenvalue weighted by molar-refractivity contribution is 6.07. The molecule has 3 rings (SSSR count). The molecule has 2 heterocycles. The average molecular weight is 351 g/mol. The number of fused-ring (bicyclic) bond motifs is 1. The highest BCUT2D eigenvalue weighted by Crippen LogP contribution is 2.26. The summed E-state index contributed by atoms with van der Waals surface area (Å²) in [5.41, 5.74) is 2.69. The second kappa shape index (κ2) is 7.35. The van der Waals surface area contributed by atoms with Gasteiger partial charge in [0.05, 0.1) is 29.4 Å². The first-order chi connectivity index (χ1) is 12.5. The predicted molar refractivity (Wildman–Crippen MR) is 99.7 cm³/mol. The lowest BCUT2D eigenvalue weighted by Gasteiger charge is -2.11. The lowest BCUT2D eigenvalue weighted by molar-refractivity contribution is -0.119. The summed E-state index contributed by atoms with van der Waals surface area (Å²) in [6.07, 6.45) is 1.64. The largest absolute Gasteiger partial charge is 0.358 e. The zero-order valence-electron chi connectivity index (χ0n) is 15.0. The van der Waals surface area contributed by atoms with E-state index in [1.54, 1.807) is 16.9 Å². The molecule has 3 aromatic rings. The van der Waals surface area contributed by atoms with E-state index in [1.165, 1.54) is 7.05 Å². The zero-order valence-corrected chi connectivity index (χ0v) is 15.0. The van der Waals surface area contributed by atoms with Crippen LogP contribution in [0.4, 0.5) is 0 Å². The van der Waals surface area contributed by atoms with Crippen LogP contribution in [0.15, 0.2) is 42.6 Å². The van der Waals surface area contributed by atoms with E-state index >= 15 is 0 Å². The Morgan fingerprint density at radius 2 is 1.92 bits per heavy atom. The van der Waals surface area contributed by atoms with Gasteiger partial charge >= 0.3 is 0 Å². The number of nitrogens with zero attached hydrogens (tertiary/aromatic N) is 3. The van der Waals surface area contributed by atoms with Crippen LogP contribution in [0.5, 0.6) is 0 Å². The van der Waals surface area contributed by atoms with Gasteiger partial charge in [-0.05, 0) is 19.9 Å². The molecule has 0 saturated heterocycles. The van der Waals surface area contributed by atoms with Crippen LogP contribution < -0.4 is 10.6 Å². The molecular formula is C19H21N5O2. The monoisotopic (exact) mass is 351 g/mol. The Hall–Kier alpha value is -3.22. The number of pyridine rings is 1. The Kier molecular flexibility index (Phi) is 4.97. The van der Waals surface area contributed by atoms with Crippen molar-refractivity contribution in [2.24, 2.45) is 0 Å². The van der Waals surface area contributed by atoms with E-state index in [4.69, 9.17) is 4.98 Å². The van der Waals surface area contributed by atoms with Crippen molar-refractivity contribution in [1.29, 1.82) is 0 Å². The van der Waals surface area contributed by atoms with Crippen molar-refractivity contribution in [2.45, 2.75) is 19.9 Å². The molecular weight excluding hydrogens is 330 g/mol. The van der Waals surface area contributed by atoms with Gasteiger partial charge in [-0.1, -0.05) is 30.3 Å². The number of hydrogen-bond acceptors (Lipinski definition) is 4. The Labute approximate surface area is 151 Å². The normalized spacial score (nSPS) is 10.9. The first-order valence-corrected chi connectivity index (χ1v) is 8.43. The fourth-order valence-corrected chi connectivity index (χ4v) is 2.68. The minimum absolute atomic E-state index is 0.0852. The number of carbonyl (C=O) groups is 2. The maximum Gasteiger partial charge on any atom is 0.252 e. The molecule has 1 aromatic carbocycles. The third kappa shape index (κ3) is 3.42. The smallest absolute Gasteiger partial charge is 0.252 e. The zero-order chi connectivity index (χ0) is 18.7. The molecule has 26 heavy (non-hydrogen) atoms. The summed E-state index contributed by atoms with van der Waals surface area (Å²) in [7, 11) is 1.53. The molecule has 0 fully saturated rings. The van der Waals surface area contributed by atoms with E-state index < -0.39 is 0 Å². The standard InChI is InChI=1S/C19H21N5O2/c1-12(2)24-18-15(10-22-24)14(19(26)21-11-17(25)20-3)9-16(23-18)13-7-5-4-6-8-13/h4-10,12H,11H2,1-3H3,(H,20,25)(H,21,26). The van der Waals surface area contributed by atoms with Crippen molar-refractivity contribution in [1.82, 2.24) is 25.4 Å². The van der Waals surface area contributed by atoms with Crippen LogP contribution >= 0.6 is 0 Å². The van der Waals surface area contributed by atoms with Gasteiger partial charge in [0.1, 0.15) is 0 Å². The van der Waals surface area contributed by atoms with Gasteiger partial charge in [-0.25, -0.2) is 9.67 Å². The predicted octanol–water partition coefficient (Wildman–Crippen LogP) is 2.15. The average Bonchev–Trinajstić information content (AvgIpc) is 3.10. The van der Waals surface area contributed by atoms with E-state index in [-0.39, 0.29) is 24.4 Å². The van der Waals surface area contributed by atoms with E-state index in [1.807, 2.05) is 44.2 Å². The van der Waals surface area contributed by atoms with Crippen molar-refractivity contribution in [2.75, 3.05) is 13.6 Å². The van der Waals surface area contributed by atoms with Crippen LogP contribution in [0, 0.1) is 0 Å². The fourth-order valence-electron chi connectivity index (χ4n) is 2.68. The summed E-state index contributed by atoms with van der Waals surface area (Å²) in [4.78, 5) is 28.8. The molecule has 2 amide bonds. The van der Waals surface area contributed by atoms with Gasteiger partial charge in [0.2, 0.25) is 5.91 Å². The SMILES string of the molecule is CNC(=O)CNC(=O)c1cc(-c2ccccc2)nc2c1cnn2C(C)C. The first kappa shape index (κ1) is 17.6. The summed E-state index contributed by atoms with van der Waals surface area (Å²) in [5, 5.41) is 10.2. The third-order valence-electron chi connectivity index (χ3n) is 4.06. The Morgan fingerprint density at radius 3 is 2.58 bits per heavy atom. The van der Waals surface area contributed by atoms with Gasteiger partial charge < -0.3 is 10.6 Å². The number of nitrogens with one attached hydrogen (secondary N) is 2. The molecule has 0 radical (unpaired) electrons. The van der Waals surface area contributed by atoms with Gasteiger partial charge in [-0.2, -0.15) is 5.10 Å². The molecule has 0 atom stereocenters. The highest BCUT2D eigenvalue weighted by atomic mass is 16.2. The number of benzene rings is 1. The lowest BCUT2D eigenvalue weighted by Crippen LogP contribution is -2.35. The molecule has 2 N–H and O–H groups in total. The number of hydrogen-bond donors (Lipinski definition) is 2. The number of rotatable bonds is 5. The van der Waals surface area contributed by atoms with Crippen LogP contribution in [0.25, 0.3) is 22.3 Å². The minimum atomic E-state index is -0.332. The quantitative estimate of drug-likeness (QED) is 0.737. The van der Waals surface area contributed by atoms with Gasteiger partial charge in [-0.3, -0.25) is 9.59 Å². The topological polar surface area (TPSA) is 88.9 Å². The molecule has 0 aliphatic carbocycles. The van der Waals surface area contributed by atoms with Crippen LogP contribution in [0.3, 0.4) is 0 Å². The first-order valence-electron chi connectivity index (χ1n) is 8.43. The highest BCUT2D eigenvalue weighted by Gasteiger charge is 2.18. The summed E-state index contributed by atoms with van der Waals surface area (Å²) in [6, 6.07) is 11.5. The van der Waals surface area contributed by atoms with Gasteiger partial charge in [0, 0.05) is 18.7 Å². The molecule has 0 aliphatic heterocycles. The Bertz CT molecular complexity index is 947. The van der Waals surface area contributed by atoms with Crippen molar-refractivity contribution < 1.29 is 9.59 Å². The van der Waals surface area contributed by atoms with Crippen LogP contribution in [-0.4, -0.2) is 40.2 Å². The number of carbonyl (C=O) groups excluding carboxylic acids is 2. The second-order valence-electron chi connectivity index (χ2n) is 6.20. The molecule has 0 aliphatic rings. The van der Waals surface area contributed by atoms with E-state index in [2.05, 4.69) is 15.7 Å². The van der Waals surface area contributed by atoms with Crippen molar-refractivity contribution in [3.8, 4) is 11.3 Å². The fraction of sp³-hybridized carbons (Fsp3) is 0.263. The third-order valence-corrected chi connectivity index (χ3v) is 4.06. The molecule has 7 nitrogen and oxygen atoms in total. The maximum atomic E-state index is 12.7. The lowest BCUT2D eigenvalue weighted by atomic mass is 10.1. The van der Waals surface area contributed by atoms with Gasteiger partial charge in [0.25, 0.3) is 5.91 Å². The van der Waals surface area contributed by atoms with E-state index in [0.29, 0.717) is 22.3 Å². The number of likely N-dealkylation sites (N-methyl/N-ethyl adjacent to an activating group) is 1. The molecule has 134 valence electrons. The molecule has 2 aromatic heterocycles. The molecule has 0 saturated carbocycles. The van der Waals surface area contributed by atoms with E-state index in [9.17, 15) is 9.59 Å². The summed E-state index contributed by atoms with van der Waals surface area (Å²) >= 11 is 0. The van der Waals surface area contributed by atoms with E-state index in [0.717, 1.165) is 5.56 Å². The Balaban J connectivity index is 2.11. The minimum Gasteiger partial charge on any atom is -0.358 e. The van der Waals surface area contributed by atoms with Crippen molar-refractivity contribution in [3.05, 3.63) is 48.2 Å². The summed E-state index contributed by atoms with van der Waals surface area (Å²) < 4.78 is 1.79. The van der Waals surface area contributed by atoms with Gasteiger partial charge in [-0.15, -0.1) is 0 Å². The summed E-state index contributed by atoms with van der Waals surface area (Å²) in [5.74, 6) is -0.591. The van der Waals surface area contributed by atoms with Crippen molar-refractivity contribution in [3.63, 3.8) is 0 Å². The van der Waals surface area contributed by atoms with Crippen LogP contribution in [0.2, 0.25) is 0 Å². The molecule has 7 heteroatoms. The second-order valence-corrected chi connectivity index (χ2v) is 6.20. The molecule has 0 spiro atoms. The van der Waals surface area contributed by atoms with Gasteiger partial charge in [0.15, 0.2) is 5.65 Å². The van der Waals surface area contributed by atoms with Crippen LogP contribution in [-0.2, 0) is 4.79 Å². The Morgan fingerprint density at radius 1 is 1.19 bits per heavy atom.